The van der Waals surface area contributed by atoms with Crippen LogP contribution in [-0.2, 0) is 17.6 Å². The number of carbonyl (C=O) groups excluding carboxylic acids is 2. The van der Waals surface area contributed by atoms with Crippen LogP contribution in [0, 0.1) is 0 Å². The fourth-order valence-electron chi connectivity index (χ4n) is 4.55. The number of hydrogen-bond acceptors (Lipinski definition) is 4. The predicted molar refractivity (Wildman–Crippen MR) is 129 cm³/mol. The molecule has 1 aliphatic rings. The highest BCUT2D eigenvalue weighted by atomic mass is 35.5. The quantitative estimate of drug-likeness (QED) is 0.265. The molecule has 4 aromatic rings. The van der Waals surface area contributed by atoms with Crippen LogP contribution in [0.1, 0.15) is 49.9 Å². The summed E-state index contributed by atoms with van der Waals surface area (Å²) < 4.78 is 5.54. The van der Waals surface area contributed by atoms with E-state index in [1.165, 1.54) is 5.56 Å². The Labute approximate surface area is 197 Å². The minimum Gasteiger partial charge on any atom is -0.454 e. The number of carbonyl (C=O) groups is 2. The van der Waals surface area contributed by atoms with Crippen LogP contribution in [0.2, 0.25) is 5.02 Å². The van der Waals surface area contributed by atoms with Crippen molar-refractivity contribution in [1.29, 1.82) is 0 Å². The zero-order chi connectivity index (χ0) is 22.8. The van der Waals surface area contributed by atoms with Crippen LogP contribution < -0.4 is 0 Å². The van der Waals surface area contributed by atoms with Crippen molar-refractivity contribution in [3.8, 4) is 0 Å². The number of halogens is 1. The maximum absolute atomic E-state index is 13.3. The van der Waals surface area contributed by atoms with Crippen LogP contribution in [0.25, 0.3) is 10.9 Å². The molecular weight excluding hydrogens is 434 g/mol. The molecule has 0 saturated carbocycles. The van der Waals surface area contributed by atoms with E-state index in [0.717, 1.165) is 35.0 Å². The van der Waals surface area contributed by atoms with Crippen molar-refractivity contribution in [2.75, 3.05) is 6.61 Å². The number of fused-ring (bicyclic) bond motifs is 2. The summed E-state index contributed by atoms with van der Waals surface area (Å²) in [4.78, 5) is 30.7. The molecule has 5 heteroatoms. The number of nitrogens with zero attached hydrogens (tertiary/aromatic N) is 1. The maximum atomic E-state index is 13.3. The molecule has 1 aromatic heterocycles. The Morgan fingerprint density at radius 3 is 2.45 bits per heavy atom. The van der Waals surface area contributed by atoms with Gasteiger partial charge in [-0.15, -0.1) is 0 Å². The maximum Gasteiger partial charge on any atom is 0.339 e. The van der Waals surface area contributed by atoms with Gasteiger partial charge in [0.2, 0.25) is 0 Å². The monoisotopic (exact) mass is 455 g/mol. The summed E-state index contributed by atoms with van der Waals surface area (Å²) in [6.07, 6.45) is 2.49. The van der Waals surface area contributed by atoms with E-state index in [1.54, 1.807) is 24.3 Å². The lowest BCUT2D eigenvalue weighted by Gasteiger charge is -2.26. The molecule has 0 amide bonds. The SMILES string of the molecule is O=C(COC(=O)c1c2c(nc3ccccc13)CC[C@H](c1ccccc1)C2)c1ccc(Cl)cc1. The molecule has 0 N–H and O–H groups in total. The Balaban J connectivity index is 1.47. The topological polar surface area (TPSA) is 56.3 Å². The first-order valence-corrected chi connectivity index (χ1v) is 11.4. The van der Waals surface area contributed by atoms with Gasteiger partial charge in [0, 0.05) is 21.7 Å². The van der Waals surface area contributed by atoms with E-state index >= 15 is 0 Å². The molecule has 0 saturated heterocycles. The van der Waals surface area contributed by atoms with Gasteiger partial charge in [0.25, 0.3) is 0 Å². The number of aromatic nitrogens is 1. The molecule has 0 radical (unpaired) electrons. The second-order valence-corrected chi connectivity index (χ2v) is 8.72. The standard InChI is InChI=1S/C28H22ClNO3/c29-21-13-10-19(11-14-21)26(31)17-33-28(32)27-22-8-4-5-9-24(22)30-25-15-12-20(16-23(25)27)18-6-2-1-3-7-18/h1-11,13-14,20H,12,15-17H2/t20-/m0/s1. The van der Waals surface area contributed by atoms with E-state index < -0.39 is 5.97 Å². The number of Topliss-reactive ketones (excluding diaryl/α,β-unsaturated/α-hetero) is 1. The lowest BCUT2D eigenvalue weighted by molar-refractivity contribution is 0.0475. The lowest BCUT2D eigenvalue weighted by Crippen LogP contribution is -2.21. The number of para-hydroxylation sites is 1. The molecule has 5 rings (SSSR count). The molecule has 0 bridgehead atoms. The van der Waals surface area contributed by atoms with Crippen LogP contribution in [0.5, 0.6) is 0 Å². The molecule has 1 atom stereocenters. The van der Waals surface area contributed by atoms with E-state index in [0.29, 0.717) is 28.5 Å². The third-order valence-electron chi connectivity index (χ3n) is 6.23. The third-order valence-corrected chi connectivity index (χ3v) is 6.49. The van der Waals surface area contributed by atoms with Crippen molar-refractivity contribution in [2.45, 2.75) is 25.2 Å². The molecule has 1 heterocycles. The largest absolute Gasteiger partial charge is 0.454 e. The van der Waals surface area contributed by atoms with E-state index in [9.17, 15) is 9.59 Å². The summed E-state index contributed by atoms with van der Waals surface area (Å²) in [6.45, 7) is -0.325. The first-order valence-electron chi connectivity index (χ1n) is 11.0. The molecule has 0 unspecified atom stereocenters. The Bertz CT molecular complexity index is 1330. The predicted octanol–water partition coefficient (Wildman–Crippen LogP) is 6.20. The second-order valence-electron chi connectivity index (χ2n) is 8.29. The zero-order valence-electron chi connectivity index (χ0n) is 18.0. The van der Waals surface area contributed by atoms with Crippen molar-refractivity contribution in [3.05, 3.63) is 112 Å². The van der Waals surface area contributed by atoms with Gasteiger partial charge < -0.3 is 4.74 Å². The Kier molecular flexibility index (Phi) is 5.93. The van der Waals surface area contributed by atoms with E-state index in [2.05, 4.69) is 12.1 Å². The van der Waals surface area contributed by atoms with Gasteiger partial charge in [0.15, 0.2) is 12.4 Å². The molecule has 33 heavy (non-hydrogen) atoms. The van der Waals surface area contributed by atoms with Crippen molar-refractivity contribution in [1.82, 2.24) is 4.98 Å². The second kappa shape index (κ2) is 9.16. The van der Waals surface area contributed by atoms with Crippen molar-refractivity contribution in [3.63, 3.8) is 0 Å². The zero-order valence-corrected chi connectivity index (χ0v) is 18.7. The molecule has 1 aliphatic carbocycles. The van der Waals surface area contributed by atoms with Gasteiger partial charge in [-0.25, -0.2) is 4.79 Å². The van der Waals surface area contributed by atoms with Gasteiger partial charge in [-0.3, -0.25) is 9.78 Å². The number of esters is 1. The number of hydrogen-bond donors (Lipinski definition) is 0. The van der Waals surface area contributed by atoms with E-state index in [4.69, 9.17) is 21.3 Å². The van der Waals surface area contributed by atoms with Gasteiger partial charge in [0.05, 0.1) is 11.1 Å². The van der Waals surface area contributed by atoms with Gasteiger partial charge in [0.1, 0.15) is 0 Å². The average Bonchev–Trinajstić information content (AvgIpc) is 2.86. The normalized spacial score (nSPS) is 15.1. The van der Waals surface area contributed by atoms with Crippen LogP contribution in [0.3, 0.4) is 0 Å². The van der Waals surface area contributed by atoms with Gasteiger partial charge in [-0.05, 0) is 66.6 Å². The number of ketones is 1. The Hall–Kier alpha value is -3.50. The fourth-order valence-corrected chi connectivity index (χ4v) is 4.68. The summed E-state index contributed by atoms with van der Waals surface area (Å²) in [7, 11) is 0. The third kappa shape index (κ3) is 4.39. The number of rotatable bonds is 5. The van der Waals surface area contributed by atoms with Gasteiger partial charge >= 0.3 is 5.97 Å². The van der Waals surface area contributed by atoms with E-state index in [-0.39, 0.29) is 12.4 Å². The molecule has 0 fully saturated rings. The van der Waals surface area contributed by atoms with Crippen molar-refractivity contribution < 1.29 is 14.3 Å². The van der Waals surface area contributed by atoms with Crippen LogP contribution in [0.4, 0.5) is 0 Å². The minimum absolute atomic E-state index is 0.269. The summed E-state index contributed by atoms with van der Waals surface area (Å²) >= 11 is 5.90. The highest BCUT2D eigenvalue weighted by Crippen LogP contribution is 2.36. The number of aryl methyl sites for hydroxylation is 1. The smallest absolute Gasteiger partial charge is 0.339 e. The first-order chi connectivity index (χ1) is 16.1. The highest BCUT2D eigenvalue weighted by Gasteiger charge is 2.28. The molecule has 4 nitrogen and oxygen atoms in total. The fraction of sp³-hybridized carbons (Fsp3) is 0.179. The van der Waals surface area contributed by atoms with Crippen LogP contribution >= 0.6 is 11.6 Å². The summed E-state index contributed by atoms with van der Waals surface area (Å²) in [5.74, 6) is -0.445. The Morgan fingerprint density at radius 1 is 0.939 bits per heavy atom. The molecular formula is C28H22ClNO3. The Morgan fingerprint density at radius 2 is 1.67 bits per heavy atom. The first kappa shape index (κ1) is 21.4. The number of ether oxygens (including phenoxy) is 1. The van der Waals surface area contributed by atoms with Crippen LogP contribution in [-0.4, -0.2) is 23.3 Å². The van der Waals surface area contributed by atoms with Crippen molar-refractivity contribution >= 4 is 34.3 Å². The number of benzene rings is 3. The summed E-state index contributed by atoms with van der Waals surface area (Å²) in [5.41, 5.74) is 4.88. The minimum atomic E-state index is -0.485. The molecule has 3 aromatic carbocycles. The molecule has 164 valence electrons. The van der Waals surface area contributed by atoms with Gasteiger partial charge in [-0.2, -0.15) is 0 Å². The van der Waals surface area contributed by atoms with Crippen LogP contribution in [0.15, 0.2) is 78.9 Å². The number of pyridine rings is 1. The van der Waals surface area contributed by atoms with E-state index in [1.807, 2.05) is 42.5 Å². The molecule has 0 aliphatic heterocycles. The lowest BCUT2D eigenvalue weighted by atomic mass is 9.80. The molecule has 0 spiro atoms. The van der Waals surface area contributed by atoms with Crippen molar-refractivity contribution in [2.24, 2.45) is 0 Å². The highest BCUT2D eigenvalue weighted by molar-refractivity contribution is 6.30. The van der Waals surface area contributed by atoms with Gasteiger partial charge in [-0.1, -0.05) is 60.1 Å². The summed E-state index contributed by atoms with van der Waals surface area (Å²) in [5, 5.41) is 1.31. The summed E-state index contributed by atoms with van der Waals surface area (Å²) in [6, 6.07) is 24.5. The average molecular weight is 456 g/mol.